The highest BCUT2D eigenvalue weighted by atomic mass is 16.5. The van der Waals surface area contributed by atoms with Gasteiger partial charge < -0.3 is 14.2 Å². The van der Waals surface area contributed by atoms with Gasteiger partial charge in [0.05, 0.1) is 24.4 Å². The number of aromatic nitrogens is 3. The number of benzene rings is 1. The van der Waals surface area contributed by atoms with Crippen molar-refractivity contribution in [3.8, 4) is 11.5 Å². The Hall–Kier alpha value is -3.35. The summed E-state index contributed by atoms with van der Waals surface area (Å²) >= 11 is 0. The minimum Gasteiger partial charge on any atom is -0.466 e. The van der Waals surface area contributed by atoms with Gasteiger partial charge >= 0.3 is 5.97 Å². The number of hydrogen-bond acceptors (Lipinski definition) is 4. The normalized spacial score (nSPS) is 16.5. The third kappa shape index (κ3) is 3.87. The van der Waals surface area contributed by atoms with Gasteiger partial charge in [-0.25, -0.2) is 4.68 Å². The predicted octanol–water partition coefficient (Wildman–Crippen LogP) is 3.39. The molecular weight excluding hydrogens is 380 g/mol. The smallest absolute Gasteiger partial charge is 0.310 e. The molecule has 4 rings (SSSR count). The van der Waals surface area contributed by atoms with Crippen LogP contribution < -0.4 is 0 Å². The van der Waals surface area contributed by atoms with E-state index in [4.69, 9.17) is 4.74 Å². The first-order chi connectivity index (χ1) is 14.6. The minimum absolute atomic E-state index is 0.119. The maximum absolute atomic E-state index is 13.5. The summed E-state index contributed by atoms with van der Waals surface area (Å²) in [6.45, 7) is 5.17. The number of likely N-dealkylation sites (tertiary alicyclic amines) is 1. The Morgan fingerprint density at radius 1 is 1.20 bits per heavy atom. The summed E-state index contributed by atoms with van der Waals surface area (Å²) in [5.74, 6) is 0.0704. The van der Waals surface area contributed by atoms with Crippen LogP contribution in [0.4, 0.5) is 0 Å². The summed E-state index contributed by atoms with van der Waals surface area (Å²) < 4.78 is 8.86. The molecule has 3 aromatic rings. The van der Waals surface area contributed by atoms with Crippen LogP contribution in [0, 0.1) is 12.8 Å². The van der Waals surface area contributed by atoms with Gasteiger partial charge in [0.25, 0.3) is 5.91 Å². The van der Waals surface area contributed by atoms with Gasteiger partial charge in [-0.1, -0.05) is 12.1 Å². The third-order valence-electron chi connectivity index (χ3n) is 5.40. The molecule has 0 saturated carbocycles. The molecule has 1 atom stereocenters. The topological polar surface area (TPSA) is 69.4 Å². The molecule has 1 aliphatic heterocycles. The maximum Gasteiger partial charge on any atom is 0.310 e. The fourth-order valence-corrected chi connectivity index (χ4v) is 3.95. The summed E-state index contributed by atoms with van der Waals surface area (Å²) in [6.07, 6.45) is 6.94. The van der Waals surface area contributed by atoms with Crippen LogP contribution in [0.2, 0.25) is 0 Å². The van der Waals surface area contributed by atoms with Gasteiger partial charge in [-0.05, 0) is 56.5 Å². The van der Waals surface area contributed by atoms with Crippen molar-refractivity contribution in [2.45, 2.75) is 26.7 Å². The first-order valence-corrected chi connectivity index (χ1v) is 10.3. The number of ether oxygens (including phenoxy) is 1. The molecule has 0 bridgehead atoms. The SMILES string of the molecule is CCOC(=O)[C@H]1CCCN(C(=O)c2cnn(-c3cccc(C)c3)c2-n2cccc2)C1. The fourth-order valence-electron chi connectivity index (χ4n) is 3.95. The van der Waals surface area contributed by atoms with Gasteiger partial charge in [-0.2, -0.15) is 5.10 Å². The van der Waals surface area contributed by atoms with E-state index in [0.717, 1.165) is 24.1 Å². The Balaban J connectivity index is 1.69. The largest absolute Gasteiger partial charge is 0.466 e. The van der Waals surface area contributed by atoms with E-state index in [1.165, 1.54) is 0 Å². The second kappa shape index (κ2) is 8.57. The van der Waals surface area contributed by atoms with Gasteiger partial charge in [-0.3, -0.25) is 9.59 Å². The Labute approximate surface area is 175 Å². The molecule has 30 heavy (non-hydrogen) atoms. The first-order valence-electron chi connectivity index (χ1n) is 10.3. The van der Waals surface area contributed by atoms with Crippen molar-refractivity contribution in [2.75, 3.05) is 19.7 Å². The van der Waals surface area contributed by atoms with E-state index in [9.17, 15) is 9.59 Å². The highest BCUT2D eigenvalue weighted by molar-refractivity contribution is 5.97. The van der Waals surface area contributed by atoms with Crippen LogP contribution in [-0.2, 0) is 9.53 Å². The monoisotopic (exact) mass is 406 g/mol. The molecule has 7 heteroatoms. The summed E-state index contributed by atoms with van der Waals surface area (Å²) in [4.78, 5) is 27.4. The molecule has 1 amide bonds. The fraction of sp³-hybridized carbons (Fsp3) is 0.348. The molecule has 7 nitrogen and oxygen atoms in total. The predicted molar refractivity (Wildman–Crippen MR) is 113 cm³/mol. The van der Waals surface area contributed by atoms with Crippen molar-refractivity contribution in [3.05, 3.63) is 66.1 Å². The van der Waals surface area contributed by atoms with Gasteiger partial charge in [0.2, 0.25) is 0 Å². The number of hydrogen-bond donors (Lipinski definition) is 0. The molecule has 0 radical (unpaired) electrons. The molecule has 1 aromatic carbocycles. The number of aryl methyl sites for hydroxylation is 1. The van der Waals surface area contributed by atoms with E-state index < -0.39 is 0 Å². The molecule has 156 valence electrons. The minimum atomic E-state index is -0.274. The van der Waals surface area contributed by atoms with Crippen LogP contribution in [0.15, 0.2) is 55.0 Å². The van der Waals surface area contributed by atoms with Crippen LogP contribution in [0.1, 0.15) is 35.7 Å². The summed E-state index contributed by atoms with van der Waals surface area (Å²) in [7, 11) is 0. The molecule has 2 aromatic heterocycles. The molecule has 3 heterocycles. The van der Waals surface area contributed by atoms with Gasteiger partial charge in [-0.15, -0.1) is 0 Å². The highest BCUT2D eigenvalue weighted by Crippen LogP contribution is 2.25. The van der Waals surface area contributed by atoms with Crippen molar-refractivity contribution in [1.82, 2.24) is 19.2 Å². The summed E-state index contributed by atoms with van der Waals surface area (Å²) in [5, 5.41) is 4.54. The Kier molecular flexibility index (Phi) is 5.70. The van der Waals surface area contributed by atoms with Gasteiger partial charge in [0.15, 0.2) is 5.82 Å². The lowest BCUT2D eigenvalue weighted by atomic mass is 9.97. The number of amides is 1. The second-order valence-corrected chi connectivity index (χ2v) is 7.57. The average molecular weight is 406 g/mol. The van der Waals surface area contributed by atoms with E-state index >= 15 is 0 Å². The number of piperidine rings is 1. The zero-order valence-corrected chi connectivity index (χ0v) is 17.3. The molecule has 1 fully saturated rings. The lowest BCUT2D eigenvalue weighted by Gasteiger charge is -2.31. The number of rotatable bonds is 5. The Morgan fingerprint density at radius 3 is 2.73 bits per heavy atom. The van der Waals surface area contributed by atoms with Gasteiger partial charge in [0.1, 0.15) is 5.56 Å². The summed E-state index contributed by atoms with van der Waals surface area (Å²) in [6, 6.07) is 11.8. The molecule has 0 spiro atoms. The average Bonchev–Trinajstić information content (AvgIpc) is 3.43. The van der Waals surface area contributed by atoms with Crippen LogP contribution >= 0.6 is 0 Å². The quantitative estimate of drug-likeness (QED) is 0.609. The van der Waals surface area contributed by atoms with Crippen molar-refractivity contribution in [1.29, 1.82) is 0 Å². The van der Waals surface area contributed by atoms with E-state index in [2.05, 4.69) is 5.10 Å². The first kappa shape index (κ1) is 19.9. The van der Waals surface area contributed by atoms with Crippen LogP contribution in [0.25, 0.3) is 11.5 Å². The van der Waals surface area contributed by atoms with Crippen LogP contribution in [0.3, 0.4) is 0 Å². The number of carbonyl (C=O) groups excluding carboxylic acids is 2. The van der Waals surface area contributed by atoms with Crippen molar-refractivity contribution in [3.63, 3.8) is 0 Å². The van der Waals surface area contributed by atoms with Crippen molar-refractivity contribution in [2.24, 2.45) is 5.92 Å². The lowest BCUT2D eigenvalue weighted by Crippen LogP contribution is -2.43. The van der Waals surface area contributed by atoms with Crippen LogP contribution in [0.5, 0.6) is 0 Å². The highest BCUT2D eigenvalue weighted by Gasteiger charge is 2.32. The van der Waals surface area contributed by atoms with E-state index in [-0.39, 0.29) is 17.8 Å². The zero-order valence-electron chi connectivity index (χ0n) is 17.3. The van der Waals surface area contributed by atoms with Gasteiger partial charge in [0, 0.05) is 25.5 Å². The number of esters is 1. The second-order valence-electron chi connectivity index (χ2n) is 7.57. The Bertz CT molecular complexity index is 1040. The number of carbonyl (C=O) groups is 2. The van der Waals surface area contributed by atoms with Crippen LogP contribution in [-0.4, -0.2) is 50.8 Å². The molecule has 0 N–H and O–H groups in total. The zero-order chi connectivity index (χ0) is 21.1. The Morgan fingerprint density at radius 2 is 2.00 bits per heavy atom. The maximum atomic E-state index is 13.5. The molecular formula is C23H26N4O3. The molecule has 1 saturated heterocycles. The third-order valence-corrected chi connectivity index (χ3v) is 5.40. The summed E-state index contributed by atoms with van der Waals surface area (Å²) in [5.41, 5.74) is 2.51. The number of nitrogens with zero attached hydrogens (tertiary/aromatic N) is 4. The standard InChI is InChI=1S/C23H26N4O3/c1-3-30-23(29)18-9-7-13-26(16-18)22(28)20-15-24-27(19-10-6-8-17(2)14-19)21(20)25-11-4-5-12-25/h4-6,8,10-12,14-15,18H,3,7,9,13,16H2,1-2H3/t18-/m0/s1. The molecule has 0 unspecified atom stereocenters. The molecule has 1 aliphatic rings. The van der Waals surface area contributed by atoms with E-state index in [0.29, 0.717) is 31.1 Å². The van der Waals surface area contributed by atoms with Crippen molar-refractivity contribution >= 4 is 11.9 Å². The molecule has 0 aliphatic carbocycles. The van der Waals surface area contributed by atoms with E-state index in [1.807, 2.05) is 60.3 Å². The lowest BCUT2D eigenvalue weighted by molar-refractivity contribution is -0.149. The van der Waals surface area contributed by atoms with Crippen molar-refractivity contribution < 1.29 is 14.3 Å². The van der Waals surface area contributed by atoms with E-state index in [1.54, 1.807) is 22.7 Å².